The lowest BCUT2D eigenvalue weighted by Crippen LogP contribution is -2.53. The standard InChI is InChI=1S/C40H47N9O4/c1-25-33-24-42-40(45-37(33)49(30-5-3-4-6-30)39(53)36(25)26(2)50)43-34-13-11-31(23-41-34)46-17-15-29(16-18-46)48-21-19-47(20-22-48)28-9-7-27(8-10-28)32-12-14-35(51)44-38(32)52/h7-11,13,23-24,29-30,32H,3-6,12,14-22H2,1-2H3,(H,44,51,52)(H,41,42,43,45)/t32-/m0/s1. The van der Waals surface area contributed by atoms with E-state index >= 15 is 0 Å². The maximum Gasteiger partial charge on any atom is 0.263 e. The number of carbonyl (C=O) groups excluding carboxylic acids is 3. The van der Waals surface area contributed by atoms with Crippen LogP contribution in [0.3, 0.4) is 0 Å². The molecular formula is C40H47N9O4. The number of anilines is 4. The Morgan fingerprint density at radius 3 is 2.15 bits per heavy atom. The predicted octanol–water partition coefficient (Wildman–Crippen LogP) is 4.87. The van der Waals surface area contributed by atoms with Crippen molar-refractivity contribution in [1.29, 1.82) is 0 Å². The minimum atomic E-state index is -0.261. The molecule has 53 heavy (non-hydrogen) atoms. The van der Waals surface area contributed by atoms with Crippen molar-refractivity contribution in [3.63, 3.8) is 0 Å². The maximum atomic E-state index is 13.6. The Labute approximate surface area is 308 Å². The van der Waals surface area contributed by atoms with E-state index in [1.807, 2.05) is 24.4 Å². The van der Waals surface area contributed by atoms with E-state index < -0.39 is 0 Å². The number of nitrogens with one attached hydrogen (secondary N) is 2. The van der Waals surface area contributed by atoms with Gasteiger partial charge in [0, 0.05) is 75.0 Å². The molecule has 3 saturated heterocycles. The lowest BCUT2D eigenvalue weighted by molar-refractivity contribution is -0.134. The highest BCUT2D eigenvalue weighted by Crippen LogP contribution is 2.33. The van der Waals surface area contributed by atoms with E-state index in [0.717, 1.165) is 94.4 Å². The number of aryl methyl sites for hydroxylation is 1. The largest absolute Gasteiger partial charge is 0.370 e. The smallest absolute Gasteiger partial charge is 0.263 e. The summed E-state index contributed by atoms with van der Waals surface area (Å²) >= 11 is 0. The SMILES string of the molecule is CC(=O)c1c(C)c2cnc(Nc3ccc(N4CCC(N5CCN(c6ccc([C@@H]7CCC(=O)NC7=O)cc6)CC5)CC4)cn3)nc2n(C2CCCC2)c1=O. The summed E-state index contributed by atoms with van der Waals surface area (Å²) in [5.41, 5.74) is 4.38. The Kier molecular flexibility index (Phi) is 9.67. The molecule has 2 amide bonds. The van der Waals surface area contributed by atoms with Crippen LogP contribution in [0.15, 0.2) is 53.6 Å². The average molecular weight is 718 g/mol. The van der Waals surface area contributed by atoms with E-state index in [9.17, 15) is 19.2 Å². The van der Waals surface area contributed by atoms with E-state index in [1.54, 1.807) is 17.7 Å². The molecule has 3 aliphatic heterocycles. The zero-order valence-electron chi connectivity index (χ0n) is 30.5. The molecule has 276 valence electrons. The van der Waals surface area contributed by atoms with Gasteiger partial charge in [-0.3, -0.25) is 34.0 Å². The number of amides is 2. The van der Waals surface area contributed by atoms with Gasteiger partial charge in [-0.1, -0.05) is 25.0 Å². The Bertz CT molecular complexity index is 2080. The number of nitrogens with zero attached hydrogens (tertiary/aromatic N) is 7. The van der Waals surface area contributed by atoms with Crippen molar-refractivity contribution in [3.05, 3.63) is 75.8 Å². The van der Waals surface area contributed by atoms with E-state index in [0.29, 0.717) is 41.9 Å². The number of aromatic nitrogens is 4. The van der Waals surface area contributed by atoms with Gasteiger partial charge in [0.15, 0.2) is 5.78 Å². The fraction of sp³-hybridized carbons (Fsp3) is 0.475. The monoisotopic (exact) mass is 717 g/mol. The van der Waals surface area contributed by atoms with Crippen molar-refractivity contribution < 1.29 is 14.4 Å². The molecule has 1 saturated carbocycles. The van der Waals surface area contributed by atoms with Crippen molar-refractivity contribution >= 4 is 51.8 Å². The summed E-state index contributed by atoms with van der Waals surface area (Å²) in [6.45, 7) is 9.16. The van der Waals surface area contributed by atoms with E-state index in [4.69, 9.17) is 9.97 Å². The van der Waals surface area contributed by atoms with Crippen LogP contribution in [-0.4, -0.2) is 87.3 Å². The highest BCUT2D eigenvalue weighted by Gasteiger charge is 2.30. The zero-order chi connectivity index (χ0) is 36.6. The molecule has 0 radical (unpaired) electrons. The fourth-order valence-corrected chi connectivity index (χ4v) is 8.83. The number of pyridine rings is 2. The molecule has 0 spiro atoms. The van der Waals surface area contributed by atoms with Crippen LogP contribution in [-0.2, 0) is 9.59 Å². The second-order valence-corrected chi connectivity index (χ2v) is 15.0. The number of fused-ring (bicyclic) bond motifs is 1. The highest BCUT2D eigenvalue weighted by atomic mass is 16.2. The summed E-state index contributed by atoms with van der Waals surface area (Å²) in [5.74, 6) is 0.127. The summed E-state index contributed by atoms with van der Waals surface area (Å²) in [6.07, 6.45) is 10.6. The number of piperazine rings is 1. The Balaban J connectivity index is 0.857. The van der Waals surface area contributed by atoms with Gasteiger partial charge in [0.1, 0.15) is 11.5 Å². The van der Waals surface area contributed by atoms with Crippen LogP contribution < -0.4 is 26.0 Å². The molecule has 1 atom stereocenters. The molecule has 1 aromatic carbocycles. The molecule has 1 aliphatic carbocycles. The molecule has 4 aromatic rings. The van der Waals surface area contributed by atoms with Crippen LogP contribution in [0, 0.1) is 6.92 Å². The topological polar surface area (TPSA) is 146 Å². The van der Waals surface area contributed by atoms with Gasteiger partial charge in [0.2, 0.25) is 17.8 Å². The number of imide groups is 1. The van der Waals surface area contributed by atoms with Gasteiger partial charge in [-0.25, -0.2) is 9.97 Å². The zero-order valence-corrected chi connectivity index (χ0v) is 30.5. The normalized spacial score (nSPS) is 20.6. The van der Waals surface area contributed by atoms with Gasteiger partial charge < -0.3 is 15.1 Å². The Morgan fingerprint density at radius 1 is 0.792 bits per heavy atom. The maximum absolute atomic E-state index is 13.6. The van der Waals surface area contributed by atoms with Crippen molar-refractivity contribution in [1.82, 2.24) is 29.7 Å². The van der Waals surface area contributed by atoms with Crippen molar-refractivity contribution in [2.24, 2.45) is 0 Å². The Morgan fingerprint density at radius 2 is 1.49 bits per heavy atom. The number of Topliss-reactive ketones (excluding diaryl/α,β-unsaturated/α-hetero) is 1. The number of piperidine rings is 2. The van der Waals surface area contributed by atoms with Crippen LogP contribution in [0.5, 0.6) is 0 Å². The minimum Gasteiger partial charge on any atom is -0.370 e. The summed E-state index contributed by atoms with van der Waals surface area (Å²) in [7, 11) is 0. The van der Waals surface area contributed by atoms with Gasteiger partial charge in [0.25, 0.3) is 5.56 Å². The first kappa shape index (κ1) is 34.9. The molecule has 0 unspecified atom stereocenters. The third-order valence-electron chi connectivity index (χ3n) is 11.8. The number of carbonyl (C=O) groups is 3. The molecule has 0 bridgehead atoms. The summed E-state index contributed by atoms with van der Waals surface area (Å²) in [4.78, 5) is 71.3. The number of rotatable bonds is 8. The molecule has 4 fully saturated rings. The molecule has 6 heterocycles. The van der Waals surface area contributed by atoms with Gasteiger partial charge in [0.05, 0.1) is 23.4 Å². The van der Waals surface area contributed by atoms with E-state index in [-0.39, 0.29) is 40.7 Å². The van der Waals surface area contributed by atoms with Crippen LogP contribution in [0.2, 0.25) is 0 Å². The second kappa shape index (κ2) is 14.7. The first-order chi connectivity index (χ1) is 25.7. The molecule has 13 heteroatoms. The van der Waals surface area contributed by atoms with Gasteiger partial charge in [-0.2, -0.15) is 4.98 Å². The first-order valence-electron chi connectivity index (χ1n) is 19.1. The van der Waals surface area contributed by atoms with Crippen molar-refractivity contribution in [2.45, 2.75) is 83.2 Å². The lowest BCUT2D eigenvalue weighted by Gasteiger charge is -2.43. The van der Waals surface area contributed by atoms with Gasteiger partial charge in [-0.05, 0) is 81.3 Å². The third kappa shape index (κ3) is 7.01. The average Bonchev–Trinajstić information content (AvgIpc) is 3.70. The van der Waals surface area contributed by atoms with Crippen LogP contribution in [0.1, 0.15) is 91.7 Å². The van der Waals surface area contributed by atoms with Gasteiger partial charge in [-0.15, -0.1) is 0 Å². The molecule has 13 nitrogen and oxygen atoms in total. The predicted molar refractivity (Wildman–Crippen MR) is 204 cm³/mol. The molecular weight excluding hydrogens is 670 g/mol. The number of benzene rings is 1. The molecule has 3 aromatic heterocycles. The number of hydrogen-bond acceptors (Lipinski definition) is 11. The Hall–Kier alpha value is -5.17. The van der Waals surface area contributed by atoms with Crippen LogP contribution >= 0.6 is 0 Å². The third-order valence-corrected chi connectivity index (χ3v) is 11.8. The number of ketones is 1. The number of hydrogen-bond donors (Lipinski definition) is 2. The van der Waals surface area contributed by atoms with Crippen LogP contribution in [0.25, 0.3) is 11.0 Å². The molecule has 4 aliphatic rings. The molecule has 8 rings (SSSR count). The second-order valence-electron chi connectivity index (χ2n) is 15.0. The van der Waals surface area contributed by atoms with Gasteiger partial charge >= 0.3 is 0 Å². The summed E-state index contributed by atoms with van der Waals surface area (Å²) in [5, 5.41) is 6.42. The van der Waals surface area contributed by atoms with E-state index in [2.05, 4.69) is 48.5 Å². The van der Waals surface area contributed by atoms with Crippen LogP contribution in [0.4, 0.5) is 23.1 Å². The van der Waals surface area contributed by atoms with E-state index in [1.165, 1.54) is 12.6 Å². The summed E-state index contributed by atoms with van der Waals surface area (Å²) in [6, 6.07) is 12.9. The quantitative estimate of drug-likeness (QED) is 0.190. The molecule has 2 N–H and O–H groups in total. The van der Waals surface area contributed by atoms with Crippen molar-refractivity contribution in [3.8, 4) is 0 Å². The first-order valence-corrected chi connectivity index (χ1v) is 19.1. The fourth-order valence-electron chi connectivity index (χ4n) is 8.83. The van der Waals surface area contributed by atoms with Crippen molar-refractivity contribution in [2.75, 3.05) is 54.4 Å². The summed E-state index contributed by atoms with van der Waals surface area (Å²) < 4.78 is 1.73. The minimum absolute atomic E-state index is 0.0238. The lowest BCUT2D eigenvalue weighted by atomic mass is 9.90. The highest BCUT2D eigenvalue weighted by molar-refractivity contribution is 6.01.